The number of carbonyl (C=O) groups is 1. The van der Waals surface area contributed by atoms with E-state index in [2.05, 4.69) is 11.8 Å². The second-order valence-electron chi connectivity index (χ2n) is 4.33. The molecule has 1 aromatic rings. The number of carbonyl (C=O) groups excluding carboxylic acids is 1. The molecule has 0 amide bonds. The van der Waals surface area contributed by atoms with Gasteiger partial charge in [0.25, 0.3) is 0 Å². The zero-order chi connectivity index (χ0) is 11.7. The normalized spacial score (nSPS) is 16.1. The van der Waals surface area contributed by atoms with E-state index in [9.17, 15) is 4.79 Å². The van der Waals surface area contributed by atoms with Gasteiger partial charge in [0.2, 0.25) is 0 Å². The highest BCUT2D eigenvalue weighted by Gasteiger charge is 2.24. The van der Waals surface area contributed by atoms with Gasteiger partial charge in [-0.1, -0.05) is 6.92 Å². The Labute approximate surface area is 100 Å². The van der Waals surface area contributed by atoms with Gasteiger partial charge in [-0.25, -0.2) is 0 Å². The minimum atomic E-state index is 0.110. The number of hydrogen-bond acceptors (Lipinski definition) is 4. The molecule has 2 rings (SSSR count). The smallest absolute Gasteiger partial charge is 0.163 e. The van der Waals surface area contributed by atoms with Gasteiger partial charge in [0.15, 0.2) is 5.78 Å². The van der Waals surface area contributed by atoms with Gasteiger partial charge in [-0.15, -0.1) is 11.3 Å². The van der Waals surface area contributed by atoms with E-state index in [0.717, 1.165) is 31.6 Å². The Hall–Kier alpha value is -0.870. The summed E-state index contributed by atoms with van der Waals surface area (Å²) in [5.74, 6) is 0.110. The van der Waals surface area contributed by atoms with Gasteiger partial charge in [0.1, 0.15) is 0 Å². The molecule has 0 bridgehead atoms. The van der Waals surface area contributed by atoms with Crippen LogP contribution in [0.4, 0.5) is 5.00 Å². The average Bonchev–Trinajstić information content (AvgIpc) is 2.53. The number of nitrogens with two attached hydrogens (primary N) is 1. The van der Waals surface area contributed by atoms with Crippen molar-refractivity contribution in [1.29, 1.82) is 0 Å². The molecule has 2 N–H and O–H groups in total. The van der Waals surface area contributed by atoms with Crippen LogP contribution in [0.2, 0.25) is 0 Å². The number of rotatable bonds is 3. The minimum Gasteiger partial charge on any atom is -0.390 e. The number of Topliss-reactive ketones (excluding diaryl/α,β-unsaturated/α-hetero) is 1. The third-order valence-corrected chi connectivity index (χ3v) is 4.10. The second-order valence-corrected chi connectivity index (χ2v) is 5.46. The Balaban J connectivity index is 2.28. The highest BCUT2D eigenvalue weighted by molar-refractivity contribution is 7.16. The second kappa shape index (κ2) is 4.55. The van der Waals surface area contributed by atoms with Crippen LogP contribution >= 0.6 is 11.3 Å². The first-order valence-electron chi connectivity index (χ1n) is 5.76. The number of hydrogen-bond donors (Lipinski definition) is 1. The minimum absolute atomic E-state index is 0.110. The van der Waals surface area contributed by atoms with Crippen LogP contribution in [0.25, 0.3) is 0 Å². The lowest BCUT2D eigenvalue weighted by Crippen LogP contribution is -2.30. The summed E-state index contributed by atoms with van der Waals surface area (Å²) in [6.45, 7) is 6.95. The molecule has 0 spiro atoms. The van der Waals surface area contributed by atoms with E-state index in [0.29, 0.717) is 5.00 Å². The molecular weight excluding hydrogens is 220 g/mol. The fraction of sp³-hybridized carbons (Fsp3) is 0.583. The van der Waals surface area contributed by atoms with Gasteiger partial charge in [-0.05, 0) is 31.9 Å². The van der Waals surface area contributed by atoms with Crippen molar-refractivity contribution >= 4 is 22.1 Å². The van der Waals surface area contributed by atoms with Gasteiger partial charge in [0.05, 0.1) is 10.6 Å². The molecule has 1 aromatic heterocycles. The van der Waals surface area contributed by atoms with Crippen LogP contribution < -0.4 is 5.73 Å². The van der Waals surface area contributed by atoms with E-state index in [1.807, 2.05) is 0 Å². The lowest BCUT2D eigenvalue weighted by atomic mass is 10.0. The third kappa shape index (κ3) is 1.99. The molecule has 0 aromatic carbocycles. The summed E-state index contributed by atoms with van der Waals surface area (Å²) >= 11 is 1.59. The summed E-state index contributed by atoms with van der Waals surface area (Å²) < 4.78 is 0. The predicted molar refractivity (Wildman–Crippen MR) is 68.0 cm³/mol. The van der Waals surface area contributed by atoms with Crippen molar-refractivity contribution in [2.45, 2.75) is 33.2 Å². The highest BCUT2D eigenvalue weighted by atomic mass is 32.1. The van der Waals surface area contributed by atoms with E-state index in [1.165, 1.54) is 16.9 Å². The molecule has 2 heterocycles. The van der Waals surface area contributed by atoms with Crippen LogP contribution in [0.1, 0.15) is 41.1 Å². The Morgan fingerprint density at radius 1 is 1.56 bits per heavy atom. The molecule has 0 aliphatic carbocycles. The Morgan fingerprint density at radius 3 is 2.94 bits per heavy atom. The van der Waals surface area contributed by atoms with Gasteiger partial charge in [0, 0.05) is 18.0 Å². The molecule has 0 saturated carbocycles. The SMILES string of the molecule is CCCN1CCc2c(sc(N)c2C(C)=O)C1. The summed E-state index contributed by atoms with van der Waals surface area (Å²) in [6.07, 6.45) is 2.15. The van der Waals surface area contributed by atoms with E-state index in [1.54, 1.807) is 18.3 Å². The maximum absolute atomic E-state index is 11.5. The van der Waals surface area contributed by atoms with Gasteiger partial charge < -0.3 is 5.73 Å². The van der Waals surface area contributed by atoms with Gasteiger partial charge in [-0.2, -0.15) is 0 Å². The molecule has 0 fully saturated rings. The van der Waals surface area contributed by atoms with E-state index in [-0.39, 0.29) is 5.78 Å². The largest absolute Gasteiger partial charge is 0.390 e. The van der Waals surface area contributed by atoms with Crippen molar-refractivity contribution in [1.82, 2.24) is 4.90 Å². The van der Waals surface area contributed by atoms with Crippen molar-refractivity contribution in [3.05, 3.63) is 16.0 Å². The molecule has 1 aliphatic rings. The highest BCUT2D eigenvalue weighted by Crippen LogP contribution is 2.35. The number of nitrogen functional groups attached to an aromatic ring is 1. The van der Waals surface area contributed by atoms with Crippen molar-refractivity contribution in [3.8, 4) is 0 Å². The van der Waals surface area contributed by atoms with Crippen molar-refractivity contribution in [2.24, 2.45) is 0 Å². The van der Waals surface area contributed by atoms with Crippen LogP contribution in [0.3, 0.4) is 0 Å². The van der Waals surface area contributed by atoms with Crippen LogP contribution in [-0.2, 0) is 13.0 Å². The lowest BCUT2D eigenvalue weighted by molar-refractivity contribution is 0.101. The fourth-order valence-electron chi connectivity index (χ4n) is 2.37. The monoisotopic (exact) mass is 238 g/mol. The number of fused-ring (bicyclic) bond motifs is 1. The molecule has 0 saturated heterocycles. The van der Waals surface area contributed by atoms with Crippen LogP contribution in [0.15, 0.2) is 0 Å². The topological polar surface area (TPSA) is 46.3 Å². The quantitative estimate of drug-likeness (QED) is 0.822. The maximum atomic E-state index is 11.5. The van der Waals surface area contributed by atoms with Crippen molar-refractivity contribution < 1.29 is 4.79 Å². The van der Waals surface area contributed by atoms with Gasteiger partial charge in [-0.3, -0.25) is 9.69 Å². The molecule has 16 heavy (non-hydrogen) atoms. The van der Waals surface area contributed by atoms with Crippen LogP contribution in [0.5, 0.6) is 0 Å². The molecule has 0 atom stereocenters. The standard InChI is InChI=1S/C12H18N2OS/c1-3-5-14-6-4-9-10(7-14)16-12(13)11(9)8(2)15/h3-7,13H2,1-2H3. The first-order chi connectivity index (χ1) is 7.63. The maximum Gasteiger partial charge on any atom is 0.163 e. The summed E-state index contributed by atoms with van der Waals surface area (Å²) in [5.41, 5.74) is 7.92. The zero-order valence-corrected chi connectivity index (χ0v) is 10.7. The predicted octanol–water partition coefficient (Wildman–Crippen LogP) is 2.30. The molecule has 88 valence electrons. The Kier molecular flexibility index (Phi) is 3.30. The fourth-order valence-corrected chi connectivity index (χ4v) is 3.58. The first kappa shape index (κ1) is 11.6. The van der Waals surface area contributed by atoms with Gasteiger partial charge >= 0.3 is 0 Å². The van der Waals surface area contributed by atoms with Crippen molar-refractivity contribution in [3.63, 3.8) is 0 Å². The number of nitrogens with zero attached hydrogens (tertiary/aromatic N) is 1. The summed E-state index contributed by atoms with van der Waals surface area (Å²) in [7, 11) is 0. The molecule has 4 heteroatoms. The number of anilines is 1. The van der Waals surface area contributed by atoms with E-state index in [4.69, 9.17) is 5.73 Å². The van der Waals surface area contributed by atoms with Crippen molar-refractivity contribution in [2.75, 3.05) is 18.8 Å². The zero-order valence-electron chi connectivity index (χ0n) is 9.88. The first-order valence-corrected chi connectivity index (χ1v) is 6.58. The summed E-state index contributed by atoms with van der Waals surface area (Å²) in [6, 6.07) is 0. The lowest BCUT2D eigenvalue weighted by Gasteiger charge is -2.26. The van der Waals surface area contributed by atoms with Crippen LogP contribution in [0, 0.1) is 0 Å². The molecule has 0 radical (unpaired) electrons. The Bertz CT molecular complexity index is 411. The molecule has 3 nitrogen and oxygen atoms in total. The summed E-state index contributed by atoms with van der Waals surface area (Å²) in [5, 5.41) is 0.704. The molecule has 1 aliphatic heterocycles. The number of thiophene rings is 1. The third-order valence-electron chi connectivity index (χ3n) is 3.06. The molecular formula is C12H18N2OS. The van der Waals surface area contributed by atoms with E-state index >= 15 is 0 Å². The Morgan fingerprint density at radius 2 is 2.31 bits per heavy atom. The number of ketones is 1. The summed E-state index contributed by atoms with van der Waals surface area (Å²) in [4.78, 5) is 15.2. The molecule has 0 unspecified atom stereocenters. The van der Waals surface area contributed by atoms with E-state index < -0.39 is 0 Å². The van der Waals surface area contributed by atoms with Crippen LogP contribution in [-0.4, -0.2) is 23.8 Å². The average molecular weight is 238 g/mol.